The molecule has 3 rings (SSSR count). The average Bonchev–Trinajstić information content (AvgIpc) is 3.36. The zero-order valence-corrected chi connectivity index (χ0v) is 21.1. The van der Waals surface area contributed by atoms with Crippen molar-refractivity contribution in [2.45, 2.75) is 38.8 Å². The smallest absolute Gasteiger partial charge is 0.333 e. The number of carbonyl (C=O) groups is 3. The number of carboxylic acids is 1. The highest BCUT2D eigenvalue weighted by Crippen LogP contribution is 2.27. The van der Waals surface area contributed by atoms with Crippen LogP contribution in [0.5, 0.6) is 0 Å². The van der Waals surface area contributed by atoms with Crippen molar-refractivity contribution in [2.75, 3.05) is 7.05 Å². The maximum Gasteiger partial charge on any atom is 0.333 e. The summed E-state index contributed by atoms with van der Waals surface area (Å²) >= 11 is 0. The summed E-state index contributed by atoms with van der Waals surface area (Å²) in [4.78, 5) is 37.2. The Morgan fingerprint density at radius 3 is 2.00 bits per heavy atom. The lowest BCUT2D eigenvalue weighted by Gasteiger charge is -2.31. The third-order valence-corrected chi connectivity index (χ3v) is 6.10. The van der Waals surface area contributed by atoms with Gasteiger partial charge in [-0.3, -0.25) is 9.59 Å². The van der Waals surface area contributed by atoms with E-state index in [0.717, 1.165) is 16.8 Å². The van der Waals surface area contributed by atoms with E-state index >= 15 is 0 Å². The van der Waals surface area contributed by atoms with Gasteiger partial charge in [0.2, 0.25) is 11.8 Å². The predicted molar refractivity (Wildman–Crippen MR) is 138 cm³/mol. The first kappa shape index (κ1) is 27.2. The van der Waals surface area contributed by atoms with E-state index in [4.69, 9.17) is 5.26 Å². The fraction of sp³-hybridized carbons (Fsp3) is 0.286. The van der Waals surface area contributed by atoms with Gasteiger partial charge in [-0.1, -0.05) is 45.0 Å². The average molecular weight is 503 g/mol. The molecule has 0 aliphatic heterocycles. The number of hydrogen-bond acceptors (Lipinski definition) is 5. The van der Waals surface area contributed by atoms with Crippen molar-refractivity contribution in [2.24, 2.45) is 5.41 Å². The van der Waals surface area contributed by atoms with Gasteiger partial charge in [-0.05, 0) is 52.4 Å². The third kappa shape index (κ3) is 6.23. The molecule has 9 nitrogen and oxygen atoms in total. The van der Waals surface area contributed by atoms with Crippen molar-refractivity contribution in [3.8, 4) is 22.9 Å². The lowest BCUT2D eigenvalue weighted by atomic mass is 9.85. The van der Waals surface area contributed by atoms with E-state index in [-0.39, 0.29) is 5.56 Å². The Hall–Kier alpha value is -4.42. The summed E-state index contributed by atoms with van der Waals surface area (Å²) in [6.07, 6.45) is 1.24. The Bertz CT molecular complexity index is 1310. The zero-order valence-electron chi connectivity index (χ0n) is 21.1. The first-order valence-electron chi connectivity index (χ1n) is 11.7. The molecule has 1 aromatic heterocycles. The maximum absolute atomic E-state index is 13.2. The molecule has 2 unspecified atom stereocenters. The minimum absolute atomic E-state index is 0.285. The Balaban J connectivity index is 1.89. The number of hydrogen-bond donors (Lipinski definition) is 4. The summed E-state index contributed by atoms with van der Waals surface area (Å²) in [5.41, 5.74) is 2.85. The fourth-order valence-corrected chi connectivity index (χ4v) is 3.99. The fourth-order valence-electron chi connectivity index (χ4n) is 3.99. The molecule has 0 saturated heterocycles. The monoisotopic (exact) mass is 502 g/mol. The van der Waals surface area contributed by atoms with Crippen molar-refractivity contribution < 1.29 is 24.6 Å². The molecule has 4 N–H and O–H groups in total. The number of carboxylic acid groups (broad SMARTS) is 1. The summed E-state index contributed by atoms with van der Waals surface area (Å²) in [7, 11) is 1.45. The molecule has 0 aliphatic carbocycles. The number of carbonyl (C=O) groups excluding carboxylic acids is 2. The van der Waals surface area contributed by atoms with E-state index in [0.29, 0.717) is 5.56 Å². The number of likely N-dealkylation sites (N-methyl/N-ethyl adjacent to an activating group) is 1. The molecular weight excluding hydrogens is 472 g/mol. The second-order valence-electron chi connectivity index (χ2n) is 9.77. The van der Waals surface area contributed by atoms with Crippen LogP contribution in [0.3, 0.4) is 0 Å². The lowest BCUT2D eigenvalue weighted by molar-refractivity contribution is -0.151. The number of aliphatic carboxylic acids is 1. The van der Waals surface area contributed by atoms with Crippen LogP contribution in [0.25, 0.3) is 16.8 Å². The topological polar surface area (TPSA) is 144 Å². The molecule has 0 fully saturated rings. The van der Waals surface area contributed by atoms with Gasteiger partial charge in [0.25, 0.3) is 0 Å². The molecule has 0 aliphatic rings. The highest BCUT2D eigenvalue weighted by atomic mass is 16.4. The van der Waals surface area contributed by atoms with Crippen LogP contribution in [0.15, 0.2) is 67.0 Å². The molecule has 3 atom stereocenters. The SMILES string of the molecule is CNC(=O)[C@@H](NC(=O)C(c1ccn(-c2ccc(-c3ccc(C#N)cc3)cc2)c1)C(O)C(=O)O)C(C)(C)C. The molecule has 0 radical (unpaired) electrons. The summed E-state index contributed by atoms with van der Waals surface area (Å²) in [5, 5.41) is 34.0. The van der Waals surface area contributed by atoms with Crippen molar-refractivity contribution in [1.82, 2.24) is 15.2 Å². The second kappa shape index (κ2) is 11.1. The van der Waals surface area contributed by atoms with Crippen molar-refractivity contribution >= 4 is 17.8 Å². The highest BCUT2D eigenvalue weighted by molar-refractivity contribution is 5.94. The standard InChI is InChI=1S/C28H30N4O5/c1-28(2,3)24(26(35)30-4)31-25(34)22(23(33)27(36)37)20-13-14-32(16-20)21-11-9-19(10-12-21)18-7-5-17(15-29)6-8-18/h5-14,16,22-24,33H,1-4H3,(H,30,35)(H,31,34)(H,36,37)/t22?,23?,24-/m1/s1. The minimum atomic E-state index is -2.01. The van der Waals surface area contributed by atoms with Crippen molar-refractivity contribution in [1.29, 1.82) is 5.26 Å². The van der Waals surface area contributed by atoms with E-state index in [1.54, 1.807) is 55.9 Å². The molecule has 2 amide bonds. The molecule has 9 heteroatoms. The van der Waals surface area contributed by atoms with Crippen molar-refractivity contribution in [3.63, 3.8) is 0 Å². The van der Waals surface area contributed by atoms with Gasteiger partial charge < -0.3 is 25.4 Å². The Labute approximate surface area is 215 Å². The van der Waals surface area contributed by atoms with Gasteiger partial charge in [0, 0.05) is 25.1 Å². The molecule has 37 heavy (non-hydrogen) atoms. The molecule has 1 heterocycles. The maximum atomic E-state index is 13.2. The van der Waals surface area contributed by atoms with Crippen LogP contribution in [0, 0.1) is 16.7 Å². The highest BCUT2D eigenvalue weighted by Gasteiger charge is 2.39. The predicted octanol–water partition coefficient (Wildman–Crippen LogP) is 2.82. The van der Waals surface area contributed by atoms with Gasteiger partial charge in [0.05, 0.1) is 11.6 Å². The molecule has 0 spiro atoms. The lowest BCUT2D eigenvalue weighted by Crippen LogP contribution is -2.55. The minimum Gasteiger partial charge on any atom is -0.479 e. The number of aromatic nitrogens is 1. The van der Waals surface area contributed by atoms with Crippen LogP contribution in [-0.2, 0) is 14.4 Å². The molecule has 0 saturated carbocycles. The summed E-state index contributed by atoms with van der Waals surface area (Å²) in [5.74, 6) is -4.19. The number of rotatable bonds is 8. The Morgan fingerprint density at radius 1 is 0.946 bits per heavy atom. The Morgan fingerprint density at radius 2 is 1.51 bits per heavy atom. The summed E-state index contributed by atoms with van der Waals surface area (Å²) in [6.45, 7) is 5.31. The number of aliphatic hydroxyl groups is 1. The number of benzene rings is 2. The molecule has 2 aromatic carbocycles. The van der Waals surface area contributed by atoms with E-state index < -0.39 is 41.3 Å². The van der Waals surface area contributed by atoms with Gasteiger partial charge in [0.1, 0.15) is 12.0 Å². The molecule has 3 aromatic rings. The Kier molecular flexibility index (Phi) is 8.15. The van der Waals surface area contributed by atoms with Crippen LogP contribution in [-0.4, -0.2) is 51.8 Å². The summed E-state index contributed by atoms with van der Waals surface area (Å²) < 4.78 is 1.72. The normalized spacial score (nSPS) is 13.6. The van der Waals surface area contributed by atoms with Crippen LogP contribution < -0.4 is 10.6 Å². The van der Waals surface area contributed by atoms with Gasteiger partial charge >= 0.3 is 5.97 Å². The number of amides is 2. The first-order chi connectivity index (χ1) is 17.5. The van der Waals surface area contributed by atoms with E-state index in [9.17, 15) is 24.6 Å². The number of nitrogens with one attached hydrogen (secondary N) is 2. The molecular formula is C28H30N4O5. The van der Waals surface area contributed by atoms with E-state index in [1.165, 1.54) is 7.05 Å². The third-order valence-electron chi connectivity index (χ3n) is 6.10. The molecule has 192 valence electrons. The van der Waals surface area contributed by atoms with Crippen LogP contribution >= 0.6 is 0 Å². The van der Waals surface area contributed by atoms with Gasteiger partial charge in [-0.15, -0.1) is 0 Å². The quantitative estimate of drug-likeness (QED) is 0.373. The number of aliphatic hydroxyl groups excluding tert-OH is 1. The van der Waals surface area contributed by atoms with Gasteiger partial charge in [0.15, 0.2) is 6.10 Å². The number of nitrogens with zero attached hydrogens (tertiary/aromatic N) is 2. The van der Waals surface area contributed by atoms with E-state index in [2.05, 4.69) is 16.7 Å². The van der Waals surface area contributed by atoms with E-state index in [1.807, 2.05) is 36.4 Å². The summed E-state index contributed by atoms with van der Waals surface area (Å²) in [6, 6.07) is 17.5. The zero-order chi connectivity index (χ0) is 27.3. The van der Waals surface area contributed by atoms with Crippen LogP contribution in [0.4, 0.5) is 0 Å². The van der Waals surface area contributed by atoms with Crippen LogP contribution in [0.2, 0.25) is 0 Å². The largest absolute Gasteiger partial charge is 0.479 e. The first-order valence-corrected chi connectivity index (χ1v) is 11.7. The number of nitriles is 1. The van der Waals surface area contributed by atoms with Gasteiger partial charge in [-0.2, -0.15) is 5.26 Å². The van der Waals surface area contributed by atoms with Crippen molar-refractivity contribution in [3.05, 3.63) is 78.1 Å². The molecule has 0 bridgehead atoms. The second-order valence-corrected chi connectivity index (χ2v) is 9.77. The van der Waals surface area contributed by atoms with Crippen LogP contribution in [0.1, 0.15) is 37.8 Å². The van der Waals surface area contributed by atoms with Gasteiger partial charge in [-0.25, -0.2) is 4.79 Å².